The van der Waals surface area contributed by atoms with Crippen molar-refractivity contribution in [1.82, 2.24) is 10.0 Å². The largest absolute Gasteiger partial charge is 0.423 e. The molecule has 1 heterocycles. The predicted octanol–water partition coefficient (Wildman–Crippen LogP) is 7.55. The SMILES string of the molecule is Cc1ccc(C(=O)Oc2ccc(C(=O)CN(C(=O)c3ccc(Cl)cc3)N3C(=O)[C@H]4[C@H](C3=O)[C@@]3(Cl)C(Cl)=C(Cl)[C@@]4(Cl)C3(Cl)Cl)cc2)cc1. The van der Waals surface area contributed by atoms with Crippen molar-refractivity contribution in [3.63, 3.8) is 0 Å². The van der Waals surface area contributed by atoms with E-state index in [0.29, 0.717) is 20.6 Å². The molecule has 3 aromatic carbocycles. The summed E-state index contributed by atoms with van der Waals surface area (Å²) >= 11 is 45.6. The van der Waals surface area contributed by atoms with Gasteiger partial charge in [-0.25, -0.2) is 9.80 Å². The highest BCUT2D eigenvalue weighted by molar-refractivity contribution is 6.66. The molecular weight excluding hydrogens is 757 g/mol. The Bertz CT molecular complexity index is 1850. The van der Waals surface area contributed by atoms with Gasteiger partial charge in [-0.3, -0.25) is 19.2 Å². The van der Waals surface area contributed by atoms with Gasteiger partial charge >= 0.3 is 5.97 Å². The number of carbonyl (C=O) groups excluding carboxylic acids is 5. The van der Waals surface area contributed by atoms with E-state index in [2.05, 4.69) is 0 Å². The second-order valence-electron chi connectivity index (χ2n) is 11.1. The van der Waals surface area contributed by atoms with Gasteiger partial charge in [0.25, 0.3) is 17.7 Å². The third-order valence-electron chi connectivity index (χ3n) is 8.42. The van der Waals surface area contributed by atoms with Crippen LogP contribution in [0.1, 0.15) is 36.6 Å². The number of ether oxygens (including phenoxy) is 1. The molecule has 47 heavy (non-hydrogen) atoms. The van der Waals surface area contributed by atoms with Crippen LogP contribution in [-0.2, 0) is 9.59 Å². The van der Waals surface area contributed by atoms with E-state index in [9.17, 15) is 24.0 Å². The number of nitrogens with zero attached hydrogens (tertiary/aromatic N) is 2. The molecule has 2 bridgehead atoms. The zero-order valence-corrected chi connectivity index (χ0v) is 29.1. The molecule has 3 aromatic rings. The van der Waals surface area contributed by atoms with Gasteiger partial charge in [0, 0.05) is 16.1 Å². The van der Waals surface area contributed by atoms with Crippen LogP contribution in [0.15, 0.2) is 82.9 Å². The minimum absolute atomic E-state index is 0.000550. The molecule has 0 spiro atoms. The van der Waals surface area contributed by atoms with E-state index in [4.69, 9.17) is 85.9 Å². The second kappa shape index (κ2) is 11.9. The van der Waals surface area contributed by atoms with E-state index in [1.165, 1.54) is 48.5 Å². The van der Waals surface area contributed by atoms with E-state index in [1.807, 2.05) is 6.92 Å². The second-order valence-corrected chi connectivity index (χ2v) is 14.9. The topological polar surface area (TPSA) is 101 Å². The first-order valence-corrected chi connectivity index (χ1v) is 16.4. The first-order chi connectivity index (χ1) is 22.0. The number of hydrogen-bond donors (Lipinski definition) is 0. The Morgan fingerprint density at radius 1 is 0.723 bits per heavy atom. The molecule has 3 aliphatic rings. The van der Waals surface area contributed by atoms with Crippen LogP contribution in [0.4, 0.5) is 0 Å². The summed E-state index contributed by atoms with van der Waals surface area (Å²) in [7, 11) is 0. The van der Waals surface area contributed by atoms with Gasteiger partial charge < -0.3 is 4.74 Å². The van der Waals surface area contributed by atoms with Crippen molar-refractivity contribution in [1.29, 1.82) is 0 Å². The van der Waals surface area contributed by atoms with Crippen LogP contribution in [-0.4, -0.2) is 60.1 Å². The molecule has 8 nitrogen and oxygen atoms in total. The average Bonchev–Trinajstić information content (AvgIpc) is 3.43. The standard InChI is InChI=1S/C32H19Cl7N2O6/c1-15-2-4-18(5-3-15)29(46)47-20-12-8-16(9-13-20)21(42)14-40(26(43)17-6-10-19(33)11-7-17)41-27(44)22-23(28(41)45)31(37)25(35)24(34)30(22,36)32(31,38)39/h2-13,22-23H,14H2,1H3/t22-,23-,30-,31-/m1/s1. The van der Waals surface area contributed by atoms with Crippen LogP contribution in [0.25, 0.3) is 0 Å². The van der Waals surface area contributed by atoms with Crippen LogP contribution in [0, 0.1) is 18.8 Å². The summed E-state index contributed by atoms with van der Waals surface area (Å²) in [5, 5.41) is 0.903. The Hall–Kier alpha value is -2.82. The Morgan fingerprint density at radius 3 is 1.70 bits per heavy atom. The number of hydrazine groups is 1. The molecule has 0 radical (unpaired) electrons. The molecule has 1 aliphatic heterocycles. The quantitative estimate of drug-likeness (QED) is 0.0808. The van der Waals surface area contributed by atoms with Crippen LogP contribution in [0.2, 0.25) is 5.02 Å². The third kappa shape index (κ3) is 4.99. The van der Waals surface area contributed by atoms with Crippen LogP contribution < -0.4 is 4.74 Å². The maximum Gasteiger partial charge on any atom is 0.343 e. The summed E-state index contributed by atoms with van der Waals surface area (Å²) in [5.74, 6) is -7.11. The smallest absolute Gasteiger partial charge is 0.343 e. The van der Waals surface area contributed by atoms with Crippen LogP contribution in [0.3, 0.4) is 0 Å². The number of aryl methyl sites for hydroxylation is 1. The van der Waals surface area contributed by atoms with Crippen molar-refractivity contribution in [3.05, 3.63) is 110 Å². The summed E-state index contributed by atoms with van der Waals surface area (Å²) in [6.07, 6.45) is 0. The van der Waals surface area contributed by atoms with Crippen molar-refractivity contribution in [2.24, 2.45) is 11.8 Å². The number of alkyl halides is 4. The first-order valence-electron chi connectivity index (χ1n) is 13.7. The Balaban J connectivity index is 1.30. The van der Waals surface area contributed by atoms with Gasteiger partial charge in [0.15, 0.2) is 10.1 Å². The highest BCUT2D eigenvalue weighted by Gasteiger charge is 2.88. The molecule has 0 unspecified atom stereocenters. The maximum absolute atomic E-state index is 14.1. The number of hydrogen-bond acceptors (Lipinski definition) is 6. The molecule has 2 aliphatic carbocycles. The summed E-state index contributed by atoms with van der Waals surface area (Å²) in [4.78, 5) is 63.9. The van der Waals surface area contributed by atoms with E-state index in [-0.39, 0.29) is 26.9 Å². The molecule has 1 saturated heterocycles. The van der Waals surface area contributed by atoms with Crippen molar-refractivity contribution in [2.75, 3.05) is 6.54 Å². The highest BCUT2D eigenvalue weighted by atomic mass is 35.5. The minimum Gasteiger partial charge on any atom is -0.423 e. The number of allylic oxidation sites excluding steroid dienone is 2. The van der Waals surface area contributed by atoms with E-state index >= 15 is 0 Å². The summed E-state index contributed by atoms with van der Waals surface area (Å²) in [5.41, 5.74) is 1.38. The average molecular weight is 776 g/mol. The summed E-state index contributed by atoms with van der Waals surface area (Å²) in [6.45, 7) is 1.10. The summed E-state index contributed by atoms with van der Waals surface area (Å²) in [6, 6.07) is 17.9. The molecule has 6 rings (SSSR count). The lowest BCUT2D eigenvalue weighted by Crippen LogP contribution is -2.56. The molecule has 3 amide bonds. The fraction of sp³-hybridized carbons (Fsp3) is 0.219. The number of ketones is 1. The lowest BCUT2D eigenvalue weighted by Gasteiger charge is -2.36. The molecular formula is C32H19Cl7N2O6. The Kier molecular flexibility index (Phi) is 8.66. The predicted molar refractivity (Wildman–Crippen MR) is 179 cm³/mol. The van der Waals surface area contributed by atoms with Gasteiger partial charge in [0.1, 0.15) is 22.0 Å². The fourth-order valence-corrected chi connectivity index (χ4v) is 9.04. The van der Waals surface area contributed by atoms with Gasteiger partial charge in [0.05, 0.1) is 27.5 Å². The zero-order valence-electron chi connectivity index (χ0n) is 23.8. The maximum atomic E-state index is 14.1. The van der Waals surface area contributed by atoms with E-state index in [0.717, 1.165) is 5.56 Å². The Labute approximate surface area is 302 Å². The molecule has 15 heteroatoms. The molecule has 0 aromatic heterocycles. The van der Waals surface area contributed by atoms with Crippen LogP contribution in [0.5, 0.6) is 5.75 Å². The van der Waals surface area contributed by atoms with Gasteiger partial charge in [0.2, 0.25) is 0 Å². The van der Waals surface area contributed by atoms with E-state index < -0.39 is 61.9 Å². The number of rotatable bonds is 7. The lowest BCUT2D eigenvalue weighted by molar-refractivity contribution is -0.154. The van der Waals surface area contributed by atoms with Gasteiger partial charge in [-0.1, -0.05) is 75.7 Å². The van der Waals surface area contributed by atoms with Gasteiger partial charge in [-0.05, 0) is 67.6 Å². The molecule has 4 atom stereocenters. The van der Waals surface area contributed by atoms with Crippen molar-refractivity contribution in [2.45, 2.75) is 21.0 Å². The van der Waals surface area contributed by atoms with Gasteiger partial charge in [-0.15, -0.1) is 23.2 Å². The molecule has 0 N–H and O–H groups in total. The highest BCUT2D eigenvalue weighted by Crippen LogP contribution is 2.77. The van der Waals surface area contributed by atoms with Crippen LogP contribution >= 0.6 is 81.2 Å². The number of benzene rings is 3. The normalized spacial score (nSPS) is 25.7. The molecule has 1 saturated carbocycles. The van der Waals surface area contributed by atoms with Crippen molar-refractivity contribution < 1.29 is 28.7 Å². The fourth-order valence-electron chi connectivity index (χ4n) is 5.98. The number of amides is 3. The Morgan fingerprint density at radius 2 is 1.19 bits per heavy atom. The monoisotopic (exact) mass is 772 g/mol. The number of Topliss-reactive ketones (excluding diaryl/α,β-unsaturated/α-hetero) is 1. The van der Waals surface area contributed by atoms with Crippen molar-refractivity contribution >= 4 is 111 Å². The minimum atomic E-state index is -2.19. The number of fused-ring (bicyclic) bond motifs is 5. The zero-order chi connectivity index (χ0) is 34.2. The van der Waals surface area contributed by atoms with Gasteiger partial charge in [-0.2, -0.15) is 5.01 Å². The first kappa shape index (κ1) is 34.1. The number of carbonyl (C=O) groups is 5. The number of esters is 1. The third-order valence-corrected chi connectivity index (χ3v) is 12.9. The lowest BCUT2D eigenvalue weighted by atomic mass is 9.84. The summed E-state index contributed by atoms with van der Waals surface area (Å²) < 4.78 is 3.21. The number of imide groups is 1. The van der Waals surface area contributed by atoms with E-state index in [1.54, 1.807) is 24.3 Å². The molecule has 242 valence electrons. The van der Waals surface area contributed by atoms with Crippen molar-refractivity contribution in [3.8, 4) is 5.75 Å². The number of halogens is 7. The molecule has 2 fully saturated rings.